The maximum Gasteiger partial charge on any atom is 0.129 e. The Morgan fingerprint density at radius 3 is 2.33 bits per heavy atom. The van der Waals surface area contributed by atoms with E-state index in [2.05, 4.69) is 38.3 Å². The van der Waals surface area contributed by atoms with Crippen molar-refractivity contribution in [1.29, 1.82) is 0 Å². The van der Waals surface area contributed by atoms with Gasteiger partial charge in [-0.2, -0.15) is 0 Å². The predicted molar refractivity (Wildman–Crippen MR) is 85.8 cm³/mol. The van der Waals surface area contributed by atoms with Gasteiger partial charge in [0.05, 0.1) is 6.04 Å². The van der Waals surface area contributed by atoms with Crippen LogP contribution in [0.15, 0.2) is 30.3 Å². The van der Waals surface area contributed by atoms with Gasteiger partial charge in [0.2, 0.25) is 0 Å². The van der Waals surface area contributed by atoms with Gasteiger partial charge in [-0.05, 0) is 56.0 Å². The van der Waals surface area contributed by atoms with Crippen LogP contribution in [0.5, 0.6) is 0 Å². The maximum atomic E-state index is 14.1. The highest BCUT2D eigenvalue weighted by atomic mass is 35.5. The Balaban J connectivity index is 2.41. The van der Waals surface area contributed by atoms with Gasteiger partial charge in [0.1, 0.15) is 5.82 Å². The van der Waals surface area contributed by atoms with E-state index in [-0.39, 0.29) is 11.9 Å². The fraction of sp³-hybridized carbons (Fsp3) is 0.294. The summed E-state index contributed by atoms with van der Waals surface area (Å²) in [6.07, 6.45) is 0.592. The number of benzene rings is 2. The number of hydrogen-bond donors (Lipinski definition) is 2. The number of hydrazine groups is 1. The van der Waals surface area contributed by atoms with Gasteiger partial charge in [-0.25, -0.2) is 4.39 Å². The van der Waals surface area contributed by atoms with Crippen LogP contribution in [0.1, 0.15) is 33.9 Å². The smallest absolute Gasteiger partial charge is 0.129 e. The second-order valence-corrected chi connectivity index (χ2v) is 5.84. The molecule has 0 radical (unpaired) electrons. The average Bonchev–Trinajstić information content (AvgIpc) is 2.40. The molecule has 2 aromatic carbocycles. The molecule has 0 saturated carbocycles. The second-order valence-electron chi connectivity index (χ2n) is 5.44. The molecule has 3 N–H and O–H groups in total. The van der Waals surface area contributed by atoms with E-state index in [0.717, 1.165) is 0 Å². The molecule has 0 bridgehead atoms. The predicted octanol–water partition coefficient (Wildman–Crippen LogP) is 4.15. The molecule has 0 spiro atoms. The van der Waals surface area contributed by atoms with Crippen molar-refractivity contribution in [3.8, 4) is 0 Å². The monoisotopic (exact) mass is 306 g/mol. The second kappa shape index (κ2) is 6.56. The van der Waals surface area contributed by atoms with E-state index in [1.165, 1.54) is 28.3 Å². The molecule has 0 fully saturated rings. The van der Waals surface area contributed by atoms with Crippen molar-refractivity contribution in [2.45, 2.75) is 33.2 Å². The first-order valence-electron chi connectivity index (χ1n) is 6.90. The van der Waals surface area contributed by atoms with Crippen molar-refractivity contribution in [2.24, 2.45) is 5.84 Å². The molecule has 0 saturated heterocycles. The Labute approximate surface area is 130 Å². The minimum absolute atomic E-state index is 0.340. The number of nitrogens with one attached hydrogen (secondary N) is 1. The maximum absolute atomic E-state index is 14.1. The lowest BCUT2D eigenvalue weighted by Crippen LogP contribution is -2.31. The number of halogens is 2. The zero-order valence-corrected chi connectivity index (χ0v) is 13.3. The van der Waals surface area contributed by atoms with E-state index >= 15 is 0 Å². The van der Waals surface area contributed by atoms with Crippen LogP contribution in [-0.4, -0.2) is 0 Å². The molecule has 0 aliphatic carbocycles. The van der Waals surface area contributed by atoms with Crippen LogP contribution >= 0.6 is 11.6 Å². The summed E-state index contributed by atoms with van der Waals surface area (Å²) in [4.78, 5) is 0. The van der Waals surface area contributed by atoms with E-state index in [9.17, 15) is 4.39 Å². The molecule has 0 heterocycles. The van der Waals surface area contributed by atoms with Crippen molar-refractivity contribution in [3.63, 3.8) is 0 Å². The van der Waals surface area contributed by atoms with Crippen LogP contribution in [0.2, 0.25) is 5.02 Å². The number of nitrogens with two attached hydrogens (primary N) is 1. The molecule has 0 aliphatic heterocycles. The van der Waals surface area contributed by atoms with Gasteiger partial charge in [-0.3, -0.25) is 11.3 Å². The van der Waals surface area contributed by atoms with E-state index < -0.39 is 0 Å². The molecule has 2 nitrogen and oxygen atoms in total. The molecule has 112 valence electrons. The first kappa shape index (κ1) is 16.0. The summed E-state index contributed by atoms with van der Waals surface area (Å²) >= 11 is 6.14. The average molecular weight is 307 g/mol. The molecule has 0 aliphatic rings. The molecule has 1 atom stereocenters. The summed E-state index contributed by atoms with van der Waals surface area (Å²) < 4.78 is 14.1. The van der Waals surface area contributed by atoms with Gasteiger partial charge < -0.3 is 0 Å². The zero-order chi connectivity index (χ0) is 15.6. The molecular formula is C17H20ClFN2. The Hall–Kier alpha value is -1.42. The molecule has 2 rings (SSSR count). The quantitative estimate of drug-likeness (QED) is 0.658. The molecule has 1 unspecified atom stereocenters. The highest BCUT2D eigenvalue weighted by Crippen LogP contribution is 2.30. The van der Waals surface area contributed by atoms with E-state index in [1.54, 1.807) is 12.1 Å². The van der Waals surface area contributed by atoms with Crippen LogP contribution < -0.4 is 11.3 Å². The summed E-state index contributed by atoms with van der Waals surface area (Å²) in [6.45, 7) is 6.19. The lowest BCUT2D eigenvalue weighted by molar-refractivity contribution is 0.509. The first-order chi connectivity index (χ1) is 9.93. The van der Waals surface area contributed by atoms with Crippen molar-refractivity contribution in [1.82, 2.24) is 5.43 Å². The van der Waals surface area contributed by atoms with E-state index in [4.69, 9.17) is 17.4 Å². The molecular weight excluding hydrogens is 287 g/mol. The third kappa shape index (κ3) is 3.43. The van der Waals surface area contributed by atoms with Crippen molar-refractivity contribution in [3.05, 3.63) is 69.0 Å². The van der Waals surface area contributed by atoms with Crippen molar-refractivity contribution in [2.75, 3.05) is 0 Å². The van der Waals surface area contributed by atoms with E-state index in [0.29, 0.717) is 17.0 Å². The number of rotatable bonds is 4. The van der Waals surface area contributed by atoms with Crippen LogP contribution in [0, 0.1) is 26.6 Å². The fourth-order valence-corrected chi connectivity index (χ4v) is 3.12. The fourth-order valence-electron chi connectivity index (χ4n) is 2.82. The third-order valence-corrected chi connectivity index (χ3v) is 4.13. The van der Waals surface area contributed by atoms with E-state index in [1.807, 2.05) is 0 Å². The van der Waals surface area contributed by atoms with Gasteiger partial charge in [0, 0.05) is 10.6 Å². The van der Waals surface area contributed by atoms with Gasteiger partial charge in [-0.15, -0.1) is 0 Å². The number of aryl methyl sites for hydroxylation is 3. The van der Waals surface area contributed by atoms with Gasteiger partial charge in [0.25, 0.3) is 0 Å². The summed E-state index contributed by atoms with van der Waals surface area (Å²) in [5.41, 5.74) is 7.86. The van der Waals surface area contributed by atoms with Crippen LogP contribution in [-0.2, 0) is 6.42 Å². The first-order valence-corrected chi connectivity index (χ1v) is 7.28. The Morgan fingerprint density at radius 1 is 1.19 bits per heavy atom. The Morgan fingerprint density at radius 2 is 1.81 bits per heavy atom. The molecule has 0 amide bonds. The Kier molecular flexibility index (Phi) is 4.99. The summed E-state index contributed by atoms with van der Waals surface area (Å²) in [6, 6.07) is 8.56. The van der Waals surface area contributed by atoms with Crippen molar-refractivity contribution >= 4 is 11.6 Å². The molecule has 21 heavy (non-hydrogen) atoms. The number of hydrogen-bond acceptors (Lipinski definition) is 2. The zero-order valence-electron chi connectivity index (χ0n) is 12.5. The van der Waals surface area contributed by atoms with Crippen LogP contribution in [0.4, 0.5) is 4.39 Å². The standard InChI is InChI=1S/C17H20ClFN2/c1-10-7-11(2)13(12(3)8-10)9-16(21-20)17-14(18)5-4-6-15(17)19/h4-8,16,21H,9,20H2,1-3H3. The minimum atomic E-state index is -0.362. The summed E-state index contributed by atoms with van der Waals surface area (Å²) in [7, 11) is 0. The third-order valence-electron chi connectivity index (χ3n) is 3.80. The summed E-state index contributed by atoms with van der Waals surface area (Å²) in [5.74, 6) is 5.31. The van der Waals surface area contributed by atoms with Crippen molar-refractivity contribution < 1.29 is 4.39 Å². The van der Waals surface area contributed by atoms with Gasteiger partial charge in [0.15, 0.2) is 0 Å². The summed E-state index contributed by atoms with van der Waals surface area (Å²) in [5, 5.41) is 0.389. The molecule has 4 heteroatoms. The largest absolute Gasteiger partial charge is 0.271 e. The molecule has 2 aromatic rings. The lowest BCUT2D eigenvalue weighted by Gasteiger charge is -2.21. The van der Waals surface area contributed by atoms with Gasteiger partial charge in [-0.1, -0.05) is 35.4 Å². The highest BCUT2D eigenvalue weighted by Gasteiger charge is 2.20. The van der Waals surface area contributed by atoms with Crippen LogP contribution in [0.25, 0.3) is 0 Å². The normalized spacial score (nSPS) is 12.5. The van der Waals surface area contributed by atoms with Crippen LogP contribution in [0.3, 0.4) is 0 Å². The lowest BCUT2D eigenvalue weighted by atomic mass is 9.91. The van der Waals surface area contributed by atoms with Gasteiger partial charge >= 0.3 is 0 Å². The SMILES string of the molecule is Cc1cc(C)c(CC(NN)c2c(F)cccc2Cl)c(C)c1. The molecule has 0 aromatic heterocycles. The highest BCUT2D eigenvalue weighted by molar-refractivity contribution is 6.31. The topological polar surface area (TPSA) is 38.0 Å². The Bertz CT molecular complexity index is 612. The minimum Gasteiger partial charge on any atom is -0.271 e.